The van der Waals surface area contributed by atoms with Crippen molar-refractivity contribution < 1.29 is 14.3 Å². The van der Waals surface area contributed by atoms with Crippen LogP contribution in [0.4, 0.5) is 15.3 Å². The highest BCUT2D eigenvalue weighted by molar-refractivity contribution is 5.89. The number of para-hydroxylation sites is 1. The average molecular weight is 364 g/mol. The highest BCUT2D eigenvalue weighted by atomic mass is 16.6. The number of anilines is 1. The number of nitrogens with zero attached hydrogens (tertiary/aromatic N) is 1. The van der Waals surface area contributed by atoms with Crippen LogP contribution in [0.5, 0.6) is 0 Å². The number of nitrogens with one attached hydrogen (secondary N) is 3. The molecule has 1 aromatic heterocycles. The maximum absolute atomic E-state index is 12.1. The number of fused-ring (bicyclic) bond motifs is 1. The van der Waals surface area contributed by atoms with Crippen molar-refractivity contribution in [1.29, 1.82) is 0 Å². The van der Waals surface area contributed by atoms with Gasteiger partial charge in [0.05, 0.1) is 13.1 Å². The van der Waals surface area contributed by atoms with Gasteiger partial charge in [-0.15, -0.1) is 0 Å². The van der Waals surface area contributed by atoms with E-state index in [1.54, 1.807) is 4.90 Å². The van der Waals surface area contributed by atoms with Gasteiger partial charge in [-0.05, 0) is 35.2 Å². The van der Waals surface area contributed by atoms with E-state index in [-0.39, 0.29) is 12.1 Å². The molecule has 3 amide bonds. The van der Waals surface area contributed by atoms with Crippen LogP contribution in [-0.2, 0) is 17.8 Å². The number of cyclic esters (lactones) is 1. The third-order valence-corrected chi connectivity index (χ3v) is 4.46. The first-order valence-electron chi connectivity index (χ1n) is 8.79. The number of aromatic nitrogens is 1. The Morgan fingerprint density at radius 3 is 2.70 bits per heavy atom. The largest absolute Gasteiger partial charge is 0.448 e. The van der Waals surface area contributed by atoms with Gasteiger partial charge in [0, 0.05) is 23.4 Å². The minimum absolute atomic E-state index is 0.274. The number of aromatic amines is 1. The zero-order chi connectivity index (χ0) is 18.6. The number of rotatable bonds is 5. The molecular weight excluding hydrogens is 344 g/mol. The van der Waals surface area contributed by atoms with Crippen LogP contribution in [0.25, 0.3) is 10.9 Å². The zero-order valence-electron chi connectivity index (χ0n) is 14.7. The first-order valence-corrected chi connectivity index (χ1v) is 8.79. The van der Waals surface area contributed by atoms with E-state index in [1.807, 2.05) is 54.6 Å². The number of hydrogen-bond donors (Lipinski definition) is 3. The smallest absolute Gasteiger partial charge is 0.410 e. The molecular formula is C20H20N4O3. The Kier molecular flexibility index (Phi) is 4.65. The molecule has 0 saturated carbocycles. The molecule has 2 aromatic carbocycles. The van der Waals surface area contributed by atoms with Gasteiger partial charge in [-0.2, -0.15) is 0 Å². The van der Waals surface area contributed by atoms with Gasteiger partial charge in [-0.25, -0.2) is 9.59 Å². The maximum atomic E-state index is 12.1. The van der Waals surface area contributed by atoms with Crippen LogP contribution >= 0.6 is 0 Å². The van der Waals surface area contributed by atoms with Crippen molar-refractivity contribution in [2.24, 2.45) is 0 Å². The van der Waals surface area contributed by atoms with Crippen LogP contribution < -0.4 is 10.6 Å². The second kappa shape index (κ2) is 7.41. The molecule has 1 saturated heterocycles. The summed E-state index contributed by atoms with van der Waals surface area (Å²) >= 11 is 0. The first-order chi connectivity index (χ1) is 13.2. The van der Waals surface area contributed by atoms with Crippen molar-refractivity contribution in [3.63, 3.8) is 0 Å². The van der Waals surface area contributed by atoms with Crippen LogP contribution in [0, 0.1) is 0 Å². The van der Waals surface area contributed by atoms with E-state index in [9.17, 15) is 9.59 Å². The lowest BCUT2D eigenvalue weighted by Crippen LogP contribution is -2.28. The topological polar surface area (TPSA) is 86.5 Å². The molecule has 0 bridgehead atoms. The molecule has 2 heterocycles. The maximum Gasteiger partial charge on any atom is 0.410 e. The number of amides is 3. The summed E-state index contributed by atoms with van der Waals surface area (Å²) in [5.74, 6) is 0. The Morgan fingerprint density at radius 1 is 1.15 bits per heavy atom. The SMILES string of the molecule is O=C(NCc1cc2ccccc2[nH]1)Nc1ccc(CN2CCOC2=O)cc1. The molecule has 0 radical (unpaired) electrons. The molecule has 138 valence electrons. The standard InChI is InChI=1S/C20H20N4O3/c25-19(21-12-17-11-15-3-1-2-4-18(15)22-17)23-16-7-5-14(6-8-16)13-24-9-10-27-20(24)26/h1-8,11,22H,9-10,12-13H2,(H2,21,23,25). The summed E-state index contributed by atoms with van der Waals surface area (Å²) < 4.78 is 4.92. The van der Waals surface area contributed by atoms with E-state index in [1.165, 1.54) is 0 Å². The molecule has 7 heteroatoms. The number of hydrogen-bond acceptors (Lipinski definition) is 3. The fourth-order valence-electron chi connectivity index (χ4n) is 3.06. The molecule has 1 aliphatic heterocycles. The Labute approximate surface area is 156 Å². The molecule has 0 atom stereocenters. The van der Waals surface area contributed by atoms with E-state index in [0.717, 1.165) is 22.2 Å². The van der Waals surface area contributed by atoms with E-state index in [0.29, 0.717) is 31.9 Å². The molecule has 4 rings (SSSR count). The summed E-state index contributed by atoms with van der Waals surface area (Å²) in [6, 6.07) is 17.1. The Morgan fingerprint density at radius 2 is 1.96 bits per heavy atom. The number of ether oxygens (including phenoxy) is 1. The van der Waals surface area contributed by atoms with Crippen molar-refractivity contribution in [2.75, 3.05) is 18.5 Å². The van der Waals surface area contributed by atoms with Crippen LogP contribution in [-0.4, -0.2) is 35.2 Å². The third-order valence-electron chi connectivity index (χ3n) is 4.46. The van der Waals surface area contributed by atoms with Crippen molar-refractivity contribution >= 4 is 28.7 Å². The van der Waals surface area contributed by atoms with E-state index < -0.39 is 0 Å². The van der Waals surface area contributed by atoms with E-state index in [4.69, 9.17) is 4.74 Å². The summed E-state index contributed by atoms with van der Waals surface area (Å²) in [6.45, 7) is 1.96. The van der Waals surface area contributed by atoms with E-state index >= 15 is 0 Å². The van der Waals surface area contributed by atoms with Crippen molar-refractivity contribution in [3.05, 3.63) is 65.9 Å². The van der Waals surface area contributed by atoms with Crippen molar-refractivity contribution in [2.45, 2.75) is 13.1 Å². The fraction of sp³-hybridized carbons (Fsp3) is 0.200. The average Bonchev–Trinajstić information content (AvgIpc) is 3.27. The van der Waals surface area contributed by atoms with Crippen LogP contribution in [0.1, 0.15) is 11.3 Å². The second-order valence-corrected chi connectivity index (χ2v) is 6.42. The Hall–Kier alpha value is -3.48. The summed E-state index contributed by atoms with van der Waals surface area (Å²) in [5.41, 5.74) is 3.67. The van der Waals surface area contributed by atoms with E-state index in [2.05, 4.69) is 15.6 Å². The Bertz CT molecular complexity index is 932. The first kappa shape index (κ1) is 17.0. The third kappa shape index (κ3) is 4.03. The number of carbonyl (C=O) groups excluding carboxylic acids is 2. The summed E-state index contributed by atoms with van der Waals surface area (Å²) in [5, 5.41) is 6.76. The number of carbonyl (C=O) groups is 2. The lowest BCUT2D eigenvalue weighted by molar-refractivity contribution is 0.157. The normalized spacial score (nSPS) is 13.6. The van der Waals surface area contributed by atoms with Crippen molar-refractivity contribution in [1.82, 2.24) is 15.2 Å². The highest BCUT2D eigenvalue weighted by Gasteiger charge is 2.21. The lowest BCUT2D eigenvalue weighted by atomic mass is 10.2. The summed E-state index contributed by atoms with van der Waals surface area (Å²) in [4.78, 5) is 28.5. The monoisotopic (exact) mass is 364 g/mol. The summed E-state index contributed by atoms with van der Waals surface area (Å²) in [7, 11) is 0. The lowest BCUT2D eigenvalue weighted by Gasteiger charge is -2.13. The predicted octanol–water partition coefficient (Wildman–Crippen LogP) is 3.44. The highest BCUT2D eigenvalue weighted by Crippen LogP contribution is 2.15. The molecule has 1 aliphatic rings. The van der Waals surface area contributed by atoms with Gasteiger partial charge in [0.1, 0.15) is 6.61 Å². The number of benzene rings is 2. The molecule has 0 aliphatic carbocycles. The molecule has 0 unspecified atom stereocenters. The predicted molar refractivity (Wildman–Crippen MR) is 102 cm³/mol. The summed E-state index contributed by atoms with van der Waals surface area (Å²) in [6.07, 6.45) is -0.284. The van der Waals surface area contributed by atoms with Gasteiger partial charge in [0.15, 0.2) is 0 Å². The molecule has 3 N–H and O–H groups in total. The van der Waals surface area contributed by atoms with Crippen LogP contribution in [0.3, 0.4) is 0 Å². The Balaban J connectivity index is 1.29. The minimum Gasteiger partial charge on any atom is -0.448 e. The molecule has 27 heavy (non-hydrogen) atoms. The quantitative estimate of drug-likeness (QED) is 0.648. The van der Waals surface area contributed by atoms with Gasteiger partial charge < -0.3 is 25.3 Å². The van der Waals surface area contributed by atoms with Gasteiger partial charge in [0.2, 0.25) is 0 Å². The molecule has 3 aromatic rings. The van der Waals surface area contributed by atoms with Gasteiger partial charge >= 0.3 is 12.1 Å². The minimum atomic E-state index is -0.284. The second-order valence-electron chi connectivity index (χ2n) is 6.42. The molecule has 0 spiro atoms. The number of urea groups is 1. The molecule has 1 fully saturated rings. The van der Waals surface area contributed by atoms with Crippen LogP contribution in [0.15, 0.2) is 54.6 Å². The van der Waals surface area contributed by atoms with Crippen molar-refractivity contribution in [3.8, 4) is 0 Å². The fourth-order valence-corrected chi connectivity index (χ4v) is 3.06. The zero-order valence-corrected chi connectivity index (χ0v) is 14.7. The van der Waals surface area contributed by atoms with Gasteiger partial charge in [-0.1, -0.05) is 30.3 Å². The number of H-pyrrole nitrogens is 1. The van der Waals surface area contributed by atoms with Crippen LogP contribution in [0.2, 0.25) is 0 Å². The molecule has 7 nitrogen and oxygen atoms in total. The van der Waals surface area contributed by atoms with Gasteiger partial charge in [0.25, 0.3) is 0 Å². The van der Waals surface area contributed by atoms with Gasteiger partial charge in [-0.3, -0.25) is 0 Å².